The fraction of sp³-hybridized carbons (Fsp3) is 0.263. The topological polar surface area (TPSA) is 67.2 Å². The van der Waals surface area contributed by atoms with E-state index in [0.29, 0.717) is 17.0 Å². The minimum absolute atomic E-state index is 0.120. The molecular formula is C19H18FN3O2. The van der Waals surface area contributed by atoms with Crippen molar-refractivity contribution >= 4 is 22.7 Å². The van der Waals surface area contributed by atoms with Gasteiger partial charge in [-0.25, -0.2) is 9.37 Å². The lowest BCUT2D eigenvalue weighted by molar-refractivity contribution is -0.122. The van der Waals surface area contributed by atoms with Crippen molar-refractivity contribution in [2.45, 2.75) is 31.8 Å². The Morgan fingerprint density at radius 3 is 2.72 bits per heavy atom. The molecule has 1 aliphatic carbocycles. The highest BCUT2D eigenvalue weighted by Crippen LogP contribution is 2.26. The Balaban J connectivity index is 1.63. The molecule has 1 heterocycles. The first kappa shape index (κ1) is 15.6. The van der Waals surface area contributed by atoms with Gasteiger partial charge < -0.3 is 15.1 Å². The SMILES string of the molecule is Cc1nc2cc(NC(C(=O)NC3CC3)c3ccc(F)cc3)ccc2o1. The lowest BCUT2D eigenvalue weighted by atomic mass is 10.1. The van der Waals surface area contributed by atoms with Crippen molar-refractivity contribution in [3.8, 4) is 0 Å². The Hall–Kier alpha value is -2.89. The number of nitrogens with one attached hydrogen (secondary N) is 2. The molecule has 3 aromatic rings. The first-order chi connectivity index (χ1) is 12.1. The Labute approximate surface area is 144 Å². The molecule has 0 spiro atoms. The Morgan fingerprint density at radius 1 is 1.24 bits per heavy atom. The minimum atomic E-state index is -0.605. The van der Waals surface area contributed by atoms with Crippen molar-refractivity contribution in [3.63, 3.8) is 0 Å². The maximum Gasteiger partial charge on any atom is 0.247 e. The number of aryl methyl sites for hydroxylation is 1. The zero-order valence-electron chi connectivity index (χ0n) is 13.8. The van der Waals surface area contributed by atoms with Gasteiger partial charge in [-0.05, 0) is 48.7 Å². The fourth-order valence-electron chi connectivity index (χ4n) is 2.77. The number of anilines is 1. The van der Waals surface area contributed by atoms with E-state index in [1.807, 2.05) is 18.2 Å². The van der Waals surface area contributed by atoms with Crippen LogP contribution < -0.4 is 10.6 Å². The second-order valence-electron chi connectivity index (χ2n) is 6.33. The molecule has 2 N–H and O–H groups in total. The maximum absolute atomic E-state index is 13.2. The van der Waals surface area contributed by atoms with Crippen LogP contribution in [0, 0.1) is 12.7 Å². The van der Waals surface area contributed by atoms with Crippen LogP contribution >= 0.6 is 0 Å². The van der Waals surface area contributed by atoms with Gasteiger partial charge in [0.15, 0.2) is 11.5 Å². The van der Waals surface area contributed by atoms with E-state index in [0.717, 1.165) is 24.0 Å². The summed E-state index contributed by atoms with van der Waals surface area (Å²) in [5.41, 5.74) is 2.88. The van der Waals surface area contributed by atoms with Gasteiger partial charge in [0.25, 0.3) is 0 Å². The molecule has 6 heteroatoms. The van der Waals surface area contributed by atoms with E-state index in [-0.39, 0.29) is 17.8 Å². The van der Waals surface area contributed by atoms with Crippen LogP contribution in [0.4, 0.5) is 10.1 Å². The number of rotatable bonds is 5. The van der Waals surface area contributed by atoms with Gasteiger partial charge >= 0.3 is 0 Å². The average molecular weight is 339 g/mol. The van der Waals surface area contributed by atoms with Crippen molar-refractivity contribution < 1.29 is 13.6 Å². The van der Waals surface area contributed by atoms with E-state index >= 15 is 0 Å². The Kier molecular flexibility index (Phi) is 3.87. The molecule has 0 aliphatic heterocycles. The second kappa shape index (κ2) is 6.20. The molecule has 1 atom stereocenters. The van der Waals surface area contributed by atoms with Crippen LogP contribution in [0.3, 0.4) is 0 Å². The predicted molar refractivity (Wildman–Crippen MR) is 92.7 cm³/mol. The summed E-state index contributed by atoms with van der Waals surface area (Å²) in [6.45, 7) is 1.79. The van der Waals surface area contributed by atoms with Crippen LogP contribution in [0.25, 0.3) is 11.1 Å². The normalized spacial score (nSPS) is 15.1. The summed E-state index contributed by atoms with van der Waals surface area (Å²) in [4.78, 5) is 17.0. The summed E-state index contributed by atoms with van der Waals surface area (Å²) >= 11 is 0. The van der Waals surface area contributed by atoms with Crippen LogP contribution in [0.15, 0.2) is 46.9 Å². The van der Waals surface area contributed by atoms with Crippen molar-refractivity contribution in [2.24, 2.45) is 0 Å². The molecule has 1 fully saturated rings. The number of benzene rings is 2. The molecule has 1 unspecified atom stereocenters. The number of carbonyl (C=O) groups excluding carboxylic acids is 1. The number of hydrogen-bond acceptors (Lipinski definition) is 4. The first-order valence-corrected chi connectivity index (χ1v) is 8.28. The van der Waals surface area contributed by atoms with Gasteiger partial charge in [-0.15, -0.1) is 0 Å². The van der Waals surface area contributed by atoms with E-state index in [9.17, 15) is 9.18 Å². The first-order valence-electron chi connectivity index (χ1n) is 8.28. The maximum atomic E-state index is 13.2. The van der Waals surface area contributed by atoms with Crippen molar-refractivity contribution in [3.05, 3.63) is 59.7 Å². The smallest absolute Gasteiger partial charge is 0.247 e. The van der Waals surface area contributed by atoms with Gasteiger partial charge in [0, 0.05) is 18.7 Å². The highest BCUT2D eigenvalue weighted by Gasteiger charge is 2.28. The van der Waals surface area contributed by atoms with E-state index in [2.05, 4.69) is 15.6 Å². The number of aromatic nitrogens is 1. The molecule has 1 aliphatic rings. The van der Waals surface area contributed by atoms with Crippen LogP contribution in [-0.4, -0.2) is 16.9 Å². The summed E-state index contributed by atoms with van der Waals surface area (Å²) in [6.07, 6.45) is 2.01. The molecule has 1 amide bonds. The van der Waals surface area contributed by atoms with Gasteiger partial charge in [-0.2, -0.15) is 0 Å². The number of hydrogen-bond donors (Lipinski definition) is 2. The van der Waals surface area contributed by atoms with Crippen molar-refractivity contribution in [2.75, 3.05) is 5.32 Å². The molecular weight excluding hydrogens is 321 g/mol. The largest absolute Gasteiger partial charge is 0.441 e. The number of halogens is 1. The molecule has 1 saturated carbocycles. The number of oxazole rings is 1. The Morgan fingerprint density at radius 2 is 2.00 bits per heavy atom. The molecule has 0 saturated heterocycles. The summed E-state index contributed by atoms with van der Waals surface area (Å²) in [7, 11) is 0. The van der Waals surface area contributed by atoms with E-state index in [4.69, 9.17) is 4.42 Å². The highest BCUT2D eigenvalue weighted by atomic mass is 19.1. The van der Waals surface area contributed by atoms with E-state index in [1.165, 1.54) is 12.1 Å². The molecule has 25 heavy (non-hydrogen) atoms. The highest BCUT2D eigenvalue weighted by molar-refractivity contribution is 5.87. The fourth-order valence-corrected chi connectivity index (χ4v) is 2.77. The Bertz CT molecular complexity index is 916. The van der Waals surface area contributed by atoms with Crippen LogP contribution in [0.2, 0.25) is 0 Å². The summed E-state index contributed by atoms with van der Waals surface area (Å²) in [5.74, 6) is 0.142. The van der Waals surface area contributed by atoms with Crippen LogP contribution in [0.5, 0.6) is 0 Å². The van der Waals surface area contributed by atoms with Crippen molar-refractivity contribution in [1.82, 2.24) is 10.3 Å². The zero-order chi connectivity index (χ0) is 17.4. The third-order valence-electron chi connectivity index (χ3n) is 4.19. The third-order valence-corrected chi connectivity index (χ3v) is 4.19. The molecule has 4 rings (SSSR count). The van der Waals surface area contributed by atoms with Gasteiger partial charge in [-0.1, -0.05) is 12.1 Å². The number of nitrogens with zero attached hydrogens (tertiary/aromatic N) is 1. The van der Waals surface area contributed by atoms with Gasteiger partial charge in [-0.3, -0.25) is 4.79 Å². The van der Waals surface area contributed by atoms with E-state index in [1.54, 1.807) is 19.1 Å². The van der Waals surface area contributed by atoms with Crippen molar-refractivity contribution in [1.29, 1.82) is 0 Å². The lowest BCUT2D eigenvalue weighted by Gasteiger charge is -2.20. The number of amides is 1. The van der Waals surface area contributed by atoms with Gasteiger partial charge in [0.2, 0.25) is 5.91 Å². The molecule has 1 aromatic heterocycles. The lowest BCUT2D eigenvalue weighted by Crippen LogP contribution is -2.34. The quantitative estimate of drug-likeness (QED) is 0.744. The monoisotopic (exact) mass is 339 g/mol. The van der Waals surface area contributed by atoms with Crippen LogP contribution in [-0.2, 0) is 4.79 Å². The summed E-state index contributed by atoms with van der Waals surface area (Å²) in [5, 5.41) is 6.23. The summed E-state index contributed by atoms with van der Waals surface area (Å²) in [6, 6.07) is 11.1. The summed E-state index contributed by atoms with van der Waals surface area (Å²) < 4.78 is 18.7. The number of carbonyl (C=O) groups is 1. The van der Waals surface area contributed by atoms with Gasteiger partial charge in [0.05, 0.1) is 0 Å². The molecule has 5 nitrogen and oxygen atoms in total. The molecule has 128 valence electrons. The zero-order valence-corrected chi connectivity index (χ0v) is 13.8. The molecule has 0 radical (unpaired) electrons. The molecule has 2 aromatic carbocycles. The third kappa shape index (κ3) is 3.47. The second-order valence-corrected chi connectivity index (χ2v) is 6.33. The van der Waals surface area contributed by atoms with Gasteiger partial charge in [0.1, 0.15) is 17.4 Å². The predicted octanol–water partition coefficient (Wildman–Crippen LogP) is 3.71. The minimum Gasteiger partial charge on any atom is -0.441 e. The standard InChI is InChI=1S/C19H18FN3O2/c1-11-21-16-10-15(8-9-17(16)25-11)22-18(19(24)23-14-6-7-14)12-2-4-13(20)5-3-12/h2-5,8-10,14,18,22H,6-7H2,1H3,(H,23,24). The van der Waals surface area contributed by atoms with Crippen LogP contribution in [0.1, 0.15) is 30.3 Å². The number of fused-ring (bicyclic) bond motifs is 1. The average Bonchev–Trinajstić information content (AvgIpc) is 3.32. The van der Waals surface area contributed by atoms with E-state index < -0.39 is 6.04 Å². The molecule has 0 bridgehead atoms.